The van der Waals surface area contributed by atoms with E-state index in [-0.39, 0.29) is 5.57 Å². The molecule has 1 heterocycles. The predicted octanol–water partition coefficient (Wildman–Crippen LogP) is 3.58. The standard InChI is InChI=1S/C22H23NO6/c1-13(2)12-29-16-8-6-15(7-9-16)23-21(25)19(20(24)22(23)26)14-5-10-17(27-3)18(11-14)28-4/h5-11,13,24H,12H2,1-4H3. The highest BCUT2D eigenvalue weighted by Gasteiger charge is 2.40. The molecule has 2 aromatic rings. The third-order valence-electron chi connectivity index (χ3n) is 4.41. The molecule has 2 amide bonds. The van der Waals surface area contributed by atoms with Gasteiger partial charge < -0.3 is 19.3 Å². The SMILES string of the molecule is COc1ccc(C2=C(O)C(=O)N(c3ccc(OCC(C)C)cc3)C2=O)cc1OC. The van der Waals surface area contributed by atoms with Crippen molar-refractivity contribution in [2.45, 2.75) is 13.8 Å². The lowest BCUT2D eigenvalue weighted by Gasteiger charge is -2.16. The van der Waals surface area contributed by atoms with Crippen molar-refractivity contribution in [3.63, 3.8) is 0 Å². The van der Waals surface area contributed by atoms with E-state index in [2.05, 4.69) is 0 Å². The van der Waals surface area contributed by atoms with Gasteiger partial charge in [0.2, 0.25) is 0 Å². The molecule has 0 saturated heterocycles. The van der Waals surface area contributed by atoms with E-state index >= 15 is 0 Å². The van der Waals surface area contributed by atoms with Gasteiger partial charge in [0.15, 0.2) is 17.3 Å². The third kappa shape index (κ3) is 3.89. The lowest BCUT2D eigenvalue weighted by Crippen LogP contribution is -2.31. The average Bonchev–Trinajstić information content (AvgIpc) is 2.94. The molecule has 3 rings (SSSR count). The Hall–Kier alpha value is -3.48. The molecule has 0 aliphatic carbocycles. The van der Waals surface area contributed by atoms with E-state index in [1.807, 2.05) is 13.8 Å². The maximum absolute atomic E-state index is 13.0. The summed E-state index contributed by atoms with van der Waals surface area (Å²) < 4.78 is 16.1. The van der Waals surface area contributed by atoms with Crippen LogP contribution < -0.4 is 19.1 Å². The normalized spacial score (nSPS) is 14.0. The highest BCUT2D eigenvalue weighted by atomic mass is 16.5. The first kappa shape index (κ1) is 20.3. The number of carbonyl (C=O) groups excluding carboxylic acids is 2. The number of aliphatic hydroxyl groups excluding tert-OH is 1. The van der Waals surface area contributed by atoms with E-state index in [1.54, 1.807) is 42.5 Å². The number of rotatable bonds is 7. The molecule has 7 nitrogen and oxygen atoms in total. The van der Waals surface area contributed by atoms with Gasteiger partial charge in [0.25, 0.3) is 5.91 Å². The van der Waals surface area contributed by atoms with Crippen molar-refractivity contribution >= 4 is 23.1 Å². The van der Waals surface area contributed by atoms with Gasteiger partial charge in [-0.1, -0.05) is 19.9 Å². The molecule has 7 heteroatoms. The van der Waals surface area contributed by atoms with Gasteiger partial charge in [-0.3, -0.25) is 9.59 Å². The van der Waals surface area contributed by atoms with Crippen molar-refractivity contribution in [2.75, 3.05) is 25.7 Å². The monoisotopic (exact) mass is 397 g/mol. The van der Waals surface area contributed by atoms with E-state index in [4.69, 9.17) is 14.2 Å². The van der Waals surface area contributed by atoms with Gasteiger partial charge in [0, 0.05) is 0 Å². The number of hydrogen-bond donors (Lipinski definition) is 1. The molecule has 0 bridgehead atoms. The molecule has 1 aliphatic rings. The molecule has 1 aliphatic heterocycles. The number of methoxy groups -OCH3 is 2. The van der Waals surface area contributed by atoms with Crippen LogP contribution in [0.5, 0.6) is 17.2 Å². The van der Waals surface area contributed by atoms with Crippen LogP contribution in [0.25, 0.3) is 5.57 Å². The first-order valence-electron chi connectivity index (χ1n) is 9.14. The Labute approximate surface area is 169 Å². The number of amides is 2. The summed E-state index contributed by atoms with van der Waals surface area (Å²) in [5, 5.41) is 10.4. The molecule has 0 atom stereocenters. The van der Waals surface area contributed by atoms with Gasteiger partial charge in [-0.25, -0.2) is 4.90 Å². The molecule has 0 radical (unpaired) electrons. The van der Waals surface area contributed by atoms with Crippen LogP contribution in [0.1, 0.15) is 19.4 Å². The summed E-state index contributed by atoms with van der Waals surface area (Å²) in [6, 6.07) is 11.3. The topological polar surface area (TPSA) is 85.3 Å². The van der Waals surface area contributed by atoms with Crippen molar-refractivity contribution in [3.8, 4) is 17.2 Å². The maximum Gasteiger partial charge on any atom is 0.301 e. The van der Waals surface area contributed by atoms with E-state index < -0.39 is 17.6 Å². The Kier molecular flexibility index (Phi) is 5.77. The van der Waals surface area contributed by atoms with Gasteiger partial charge in [0.1, 0.15) is 5.75 Å². The molecular formula is C22H23NO6. The molecular weight excluding hydrogens is 374 g/mol. The summed E-state index contributed by atoms with van der Waals surface area (Å²) in [5.74, 6) is -0.133. The van der Waals surface area contributed by atoms with Crippen LogP contribution >= 0.6 is 0 Å². The largest absolute Gasteiger partial charge is 0.502 e. The van der Waals surface area contributed by atoms with Crippen LogP contribution in [-0.4, -0.2) is 37.7 Å². The molecule has 0 unspecified atom stereocenters. The van der Waals surface area contributed by atoms with E-state index in [1.165, 1.54) is 14.2 Å². The lowest BCUT2D eigenvalue weighted by atomic mass is 10.0. The Morgan fingerprint density at radius 2 is 1.59 bits per heavy atom. The van der Waals surface area contributed by atoms with Crippen molar-refractivity contribution in [1.29, 1.82) is 0 Å². The van der Waals surface area contributed by atoms with E-state index in [0.29, 0.717) is 41.0 Å². The average molecular weight is 397 g/mol. The number of anilines is 1. The molecule has 0 aromatic heterocycles. The summed E-state index contributed by atoms with van der Waals surface area (Å²) in [5.41, 5.74) is 0.618. The molecule has 0 saturated carbocycles. The zero-order valence-electron chi connectivity index (χ0n) is 16.8. The second-order valence-electron chi connectivity index (χ2n) is 6.94. The predicted molar refractivity (Wildman–Crippen MR) is 108 cm³/mol. The Morgan fingerprint density at radius 1 is 0.931 bits per heavy atom. The fraction of sp³-hybridized carbons (Fsp3) is 0.273. The molecule has 0 spiro atoms. The minimum absolute atomic E-state index is 0.0870. The summed E-state index contributed by atoms with van der Waals surface area (Å²) in [6.45, 7) is 4.65. The number of benzene rings is 2. The fourth-order valence-corrected chi connectivity index (χ4v) is 2.96. The molecule has 2 aromatic carbocycles. The van der Waals surface area contributed by atoms with E-state index in [9.17, 15) is 14.7 Å². The number of nitrogens with zero attached hydrogens (tertiary/aromatic N) is 1. The van der Waals surface area contributed by atoms with Crippen LogP contribution in [0.3, 0.4) is 0 Å². The maximum atomic E-state index is 13.0. The van der Waals surface area contributed by atoms with Crippen LogP contribution in [0.2, 0.25) is 0 Å². The fourth-order valence-electron chi connectivity index (χ4n) is 2.96. The number of carbonyl (C=O) groups is 2. The molecule has 0 fully saturated rings. The quantitative estimate of drug-likeness (QED) is 0.719. The summed E-state index contributed by atoms with van der Waals surface area (Å²) >= 11 is 0. The second-order valence-corrected chi connectivity index (χ2v) is 6.94. The first-order chi connectivity index (χ1) is 13.9. The molecule has 152 valence electrons. The van der Waals surface area contributed by atoms with Crippen molar-refractivity contribution < 1.29 is 28.9 Å². The Balaban J connectivity index is 1.89. The van der Waals surface area contributed by atoms with Gasteiger partial charge in [-0.05, 0) is 47.9 Å². The minimum atomic E-state index is -0.782. The van der Waals surface area contributed by atoms with Crippen LogP contribution in [0.15, 0.2) is 48.2 Å². The Bertz CT molecular complexity index is 962. The number of aliphatic hydroxyl groups is 1. The van der Waals surface area contributed by atoms with Gasteiger partial charge >= 0.3 is 5.91 Å². The third-order valence-corrected chi connectivity index (χ3v) is 4.41. The minimum Gasteiger partial charge on any atom is -0.502 e. The Morgan fingerprint density at radius 3 is 2.17 bits per heavy atom. The lowest BCUT2D eigenvalue weighted by molar-refractivity contribution is -0.121. The highest BCUT2D eigenvalue weighted by molar-refractivity contribution is 6.44. The van der Waals surface area contributed by atoms with Gasteiger partial charge in [-0.2, -0.15) is 0 Å². The molecule has 1 N–H and O–H groups in total. The number of ether oxygens (including phenoxy) is 3. The van der Waals surface area contributed by atoms with E-state index in [0.717, 1.165) is 4.90 Å². The summed E-state index contributed by atoms with van der Waals surface area (Å²) in [6.07, 6.45) is 0. The van der Waals surface area contributed by atoms with Crippen LogP contribution in [-0.2, 0) is 9.59 Å². The first-order valence-corrected chi connectivity index (χ1v) is 9.14. The zero-order chi connectivity index (χ0) is 21.1. The zero-order valence-corrected chi connectivity index (χ0v) is 16.8. The second kappa shape index (κ2) is 8.26. The van der Waals surface area contributed by atoms with Crippen LogP contribution in [0, 0.1) is 5.92 Å². The van der Waals surface area contributed by atoms with Crippen LogP contribution in [0.4, 0.5) is 5.69 Å². The number of imide groups is 1. The van der Waals surface area contributed by atoms with Gasteiger partial charge in [-0.15, -0.1) is 0 Å². The molecule has 29 heavy (non-hydrogen) atoms. The summed E-state index contributed by atoms with van der Waals surface area (Å²) in [4.78, 5) is 26.5. The van der Waals surface area contributed by atoms with Gasteiger partial charge in [0.05, 0.1) is 32.1 Å². The van der Waals surface area contributed by atoms with Crippen molar-refractivity contribution in [3.05, 3.63) is 53.8 Å². The number of hydrogen-bond acceptors (Lipinski definition) is 6. The van der Waals surface area contributed by atoms with Crippen molar-refractivity contribution in [1.82, 2.24) is 0 Å². The smallest absolute Gasteiger partial charge is 0.301 e. The highest BCUT2D eigenvalue weighted by Crippen LogP contribution is 2.36. The summed E-state index contributed by atoms with van der Waals surface area (Å²) in [7, 11) is 2.96. The van der Waals surface area contributed by atoms with Crippen molar-refractivity contribution in [2.24, 2.45) is 5.92 Å².